The summed E-state index contributed by atoms with van der Waals surface area (Å²) in [5.74, 6) is -0.503. The van der Waals surface area contributed by atoms with Gasteiger partial charge in [0.1, 0.15) is 17.1 Å². The number of benzene rings is 3. The van der Waals surface area contributed by atoms with Crippen LogP contribution < -0.4 is 21.1 Å². The molecular formula is C45H45FN8O6. The van der Waals surface area contributed by atoms with Crippen molar-refractivity contribution in [3.8, 4) is 5.69 Å². The molecule has 1 N–H and O–H groups in total. The Hall–Kier alpha value is -6.35. The van der Waals surface area contributed by atoms with Gasteiger partial charge in [0.2, 0.25) is 5.95 Å². The molecule has 3 fully saturated rings. The lowest BCUT2D eigenvalue weighted by Gasteiger charge is -2.36. The van der Waals surface area contributed by atoms with Gasteiger partial charge in [-0.05, 0) is 117 Å². The third-order valence-corrected chi connectivity index (χ3v) is 13.2. The number of nitrogens with one attached hydrogen (secondary N) is 1. The molecule has 3 aliphatic heterocycles. The molecule has 6 heterocycles. The lowest BCUT2D eigenvalue weighted by atomic mass is 9.91. The second-order valence-electron chi connectivity index (χ2n) is 16.7. The molecule has 15 heteroatoms. The van der Waals surface area contributed by atoms with Crippen LogP contribution in [0.1, 0.15) is 89.3 Å². The highest BCUT2D eigenvalue weighted by molar-refractivity contribution is 6.05. The first-order valence-corrected chi connectivity index (χ1v) is 20.6. The fourth-order valence-electron chi connectivity index (χ4n) is 9.85. The maximum absolute atomic E-state index is 15.2. The summed E-state index contributed by atoms with van der Waals surface area (Å²) in [5.41, 5.74) is 3.87. The summed E-state index contributed by atoms with van der Waals surface area (Å²) in [5, 5.41) is 5.03. The van der Waals surface area contributed by atoms with Gasteiger partial charge in [0.25, 0.3) is 11.5 Å². The summed E-state index contributed by atoms with van der Waals surface area (Å²) in [6, 6.07) is 19.7. The molecule has 0 radical (unpaired) electrons. The van der Waals surface area contributed by atoms with E-state index in [4.69, 9.17) is 14.2 Å². The monoisotopic (exact) mass is 812 g/mol. The van der Waals surface area contributed by atoms with Gasteiger partial charge in [0.05, 0.1) is 17.4 Å². The molecule has 308 valence electrons. The Balaban J connectivity index is 1.09. The number of H-pyrrole nitrogens is 1. The van der Waals surface area contributed by atoms with E-state index in [-0.39, 0.29) is 54.7 Å². The third-order valence-electron chi connectivity index (χ3n) is 13.2. The van der Waals surface area contributed by atoms with Crippen molar-refractivity contribution in [2.45, 2.75) is 70.9 Å². The molecule has 3 aromatic heterocycles. The van der Waals surface area contributed by atoms with Gasteiger partial charge in [0, 0.05) is 55.0 Å². The van der Waals surface area contributed by atoms with Crippen LogP contribution in [0.25, 0.3) is 16.6 Å². The molecule has 14 nitrogen and oxygen atoms in total. The van der Waals surface area contributed by atoms with Gasteiger partial charge in [0.15, 0.2) is 5.82 Å². The summed E-state index contributed by atoms with van der Waals surface area (Å²) < 4.78 is 29.0. The number of hydrogen-bond donors (Lipinski definition) is 1. The minimum absolute atomic E-state index is 0.0185. The molecule has 3 aromatic carbocycles. The van der Waals surface area contributed by atoms with Gasteiger partial charge in [-0.2, -0.15) is 0 Å². The number of carbonyl (C=O) groups excluding carboxylic acids is 2. The van der Waals surface area contributed by atoms with Crippen LogP contribution in [-0.2, 0) is 16.7 Å². The minimum Gasteiger partial charge on any atom is -0.381 e. The highest BCUT2D eigenvalue weighted by Gasteiger charge is 2.59. The molecule has 60 heavy (non-hydrogen) atoms. The number of urea groups is 1. The van der Waals surface area contributed by atoms with E-state index in [0.29, 0.717) is 77.4 Å². The van der Waals surface area contributed by atoms with Crippen LogP contribution in [0.15, 0.2) is 80.8 Å². The van der Waals surface area contributed by atoms with E-state index in [0.717, 1.165) is 23.7 Å². The van der Waals surface area contributed by atoms with Crippen LogP contribution in [0.2, 0.25) is 0 Å². The summed E-state index contributed by atoms with van der Waals surface area (Å²) in [7, 11) is 0. The molecule has 10 rings (SSSR count). The number of aromatic amines is 1. The van der Waals surface area contributed by atoms with E-state index in [9.17, 15) is 18.8 Å². The molecule has 0 bridgehead atoms. The lowest BCUT2D eigenvalue weighted by molar-refractivity contribution is 0.0658. The number of fused-ring (bicyclic) bond motifs is 2. The Bertz CT molecular complexity index is 2820. The smallest absolute Gasteiger partial charge is 0.381 e. The quantitative estimate of drug-likeness (QED) is 0.192. The maximum Gasteiger partial charge on any atom is 0.438 e. The molecule has 3 atom stereocenters. The topological polar surface area (TPSA) is 152 Å². The Morgan fingerprint density at radius 3 is 2.30 bits per heavy atom. The van der Waals surface area contributed by atoms with Crippen molar-refractivity contribution in [2.75, 3.05) is 42.6 Å². The highest BCUT2D eigenvalue weighted by Crippen LogP contribution is 2.56. The molecule has 1 saturated carbocycles. The van der Waals surface area contributed by atoms with E-state index in [1.807, 2.05) is 47.9 Å². The van der Waals surface area contributed by atoms with Crippen LogP contribution in [0.3, 0.4) is 0 Å². The van der Waals surface area contributed by atoms with Gasteiger partial charge in [-0.15, -0.1) is 0 Å². The summed E-state index contributed by atoms with van der Waals surface area (Å²) in [6.07, 6.45) is 2.64. The van der Waals surface area contributed by atoms with Crippen molar-refractivity contribution in [3.63, 3.8) is 0 Å². The maximum atomic E-state index is 15.2. The number of para-hydroxylation sites is 1. The lowest BCUT2D eigenvalue weighted by Crippen LogP contribution is -2.45. The third kappa shape index (κ3) is 5.84. The van der Waals surface area contributed by atoms with E-state index < -0.39 is 17.3 Å². The Morgan fingerprint density at radius 2 is 1.62 bits per heavy atom. The molecule has 3 unspecified atom stereocenters. The first-order valence-electron chi connectivity index (χ1n) is 20.6. The van der Waals surface area contributed by atoms with E-state index in [2.05, 4.69) is 35.3 Å². The molecule has 3 amide bonds. The van der Waals surface area contributed by atoms with Gasteiger partial charge >= 0.3 is 11.8 Å². The van der Waals surface area contributed by atoms with Crippen LogP contribution in [0.5, 0.6) is 0 Å². The molecule has 6 aromatic rings. The number of hydrogen-bond acceptors (Lipinski definition) is 8. The van der Waals surface area contributed by atoms with Crippen LogP contribution in [0, 0.1) is 25.6 Å². The average Bonchev–Trinajstić information content (AvgIpc) is 3.58. The van der Waals surface area contributed by atoms with E-state index >= 15 is 4.79 Å². The first-order chi connectivity index (χ1) is 29.0. The predicted octanol–water partition coefficient (Wildman–Crippen LogP) is 6.50. The zero-order valence-electron chi connectivity index (χ0n) is 33.9. The van der Waals surface area contributed by atoms with E-state index in [1.54, 1.807) is 35.8 Å². The summed E-state index contributed by atoms with van der Waals surface area (Å²) in [6.45, 7) is 9.41. The molecule has 4 aliphatic rings. The zero-order valence-corrected chi connectivity index (χ0v) is 33.9. The number of aromatic nitrogens is 5. The van der Waals surface area contributed by atoms with Crippen molar-refractivity contribution in [2.24, 2.45) is 5.92 Å². The molecule has 1 aliphatic carbocycles. The number of ether oxygens (including phenoxy) is 1. The van der Waals surface area contributed by atoms with Gasteiger partial charge in [-0.1, -0.05) is 36.3 Å². The fraction of sp³-hybridized carbons (Fsp3) is 0.378. The van der Waals surface area contributed by atoms with Crippen molar-refractivity contribution in [3.05, 3.63) is 133 Å². The predicted molar refractivity (Wildman–Crippen MR) is 222 cm³/mol. The van der Waals surface area contributed by atoms with Gasteiger partial charge < -0.3 is 14.2 Å². The number of nitrogens with zero attached hydrogens (tertiary/aromatic N) is 7. The van der Waals surface area contributed by atoms with Crippen molar-refractivity contribution < 1.29 is 23.2 Å². The SMILES string of the molecule is Cc1cc(-n2c(N3CCN(c4ccccc4)C3=O)nc3c(c2=O)CCN(C(=O)c2cc4cc(C5CCOCC5)ccc4n2C2(c4noc(=O)[nH]4)CC2C)C3C)cc(C)c1F. The Kier molecular flexibility index (Phi) is 8.93. The van der Waals surface area contributed by atoms with E-state index in [1.165, 1.54) is 15.0 Å². The number of anilines is 2. The van der Waals surface area contributed by atoms with Gasteiger partial charge in [-0.3, -0.25) is 28.9 Å². The fourth-order valence-corrected chi connectivity index (χ4v) is 9.85. The summed E-state index contributed by atoms with van der Waals surface area (Å²) >= 11 is 0. The normalized spacial score (nSPS) is 21.9. The largest absolute Gasteiger partial charge is 0.438 e. The van der Waals surface area contributed by atoms with Crippen LogP contribution in [0.4, 0.5) is 20.8 Å². The standard InChI is InChI=1S/C45H45FN8O6/c1-25-20-33(21-26(2)37(25)46)53-39(55)34-12-15-50(28(4)38(34)47-42(53)52-17-16-51(44(52)58)32-8-6-5-7-9-32)40(56)36-23-31-22-30(29-13-18-59-19-14-29)10-11-35(31)54(36)45(24-27(45)3)41-48-43(57)60-49-41/h5-11,20-23,27-29H,12-19,24H2,1-4H3,(H,48,49,57). The number of halogens is 1. The minimum atomic E-state index is -0.832. The second-order valence-corrected chi connectivity index (χ2v) is 16.7. The Morgan fingerprint density at radius 1 is 0.900 bits per heavy atom. The molecule has 2 saturated heterocycles. The Labute approximate surface area is 344 Å². The zero-order chi connectivity index (χ0) is 41.6. The number of carbonyl (C=O) groups is 2. The number of rotatable bonds is 7. The highest BCUT2D eigenvalue weighted by atomic mass is 19.1. The first kappa shape index (κ1) is 37.9. The molecular weight excluding hydrogens is 768 g/mol. The van der Waals surface area contributed by atoms with Crippen LogP contribution in [-0.4, -0.2) is 73.9 Å². The van der Waals surface area contributed by atoms with Crippen molar-refractivity contribution >= 4 is 34.5 Å². The summed E-state index contributed by atoms with van der Waals surface area (Å²) in [4.78, 5) is 69.4. The van der Waals surface area contributed by atoms with Crippen LogP contribution >= 0.6 is 0 Å². The molecule has 0 spiro atoms. The average molecular weight is 813 g/mol. The second kappa shape index (κ2) is 14.1. The number of amides is 3. The number of aryl methyl sites for hydroxylation is 2. The van der Waals surface area contributed by atoms with Crippen molar-refractivity contribution in [1.29, 1.82) is 0 Å². The van der Waals surface area contributed by atoms with Gasteiger partial charge in [-0.25, -0.2) is 23.5 Å². The van der Waals surface area contributed by atoms with Crippen molar-refractivity contribution in [1.82, 2.24) is 29.2 Å².